The molecule has 0 amide bonds. The number of aliphatic carboxylic acids is 1. The number of methoxy groups -OCH3 is 1. The number of hydrogen-bond donors (Lipinski definition) is 1. The summed E-state index contributed by atoms with van der Waals surface area (Å²) < 4.78 is 40.8. The Balaban J connectivity index is 2.19. The molecule has 2 rings (SSSR count). The molecule has 8 heteroatoms. The molecule has 0 saturated heterocycles. The number of carbonyl (C=O) groups is 1. The smallest absolute Gasteiger partial charge is 0.371 e. The Bertz CT molecular complexity index is 977. The van der Waals surface area contributed by atoms with Crippen LogP contribution in [0.15, 0.2) is 53.1 Å². The monoisotopic (exact) mass is 420 g/mol. The van der Waals surface area contributed by atoms with Gasteiger partial charge in [0, 0.05) is 6.07 Å². The van der Waals surface area contributed by atoms with Crippen LogP contribution in [0.5, 0.6) is 11.5 Å². The second kappa shape index (κ2) is 9.97. The third kappa shape index (κ3) is 6.25. The Kier molecular flexibility index (Phi) is 7.67. The van der Waals surface area contributed by atoms with Crippen LogP contribution in [0.1, 0.15) is 30.9 Å². The predicted octanol–water partition coefficient (Wildman–Crippen LogP) is 4.01. The van der Waals surface area contributed by atoms with Gasteiger partial charge in [-0.25, -0.2) is 4.79 Å². The number of rotatable bonds is 10. The van der Waals surface area contributed by atoms with Crippen molar-refractivity contribution in [3.63, 3.8) is 0 Å². The number of aryl methyl sites for hydroxylation is 1. The summed E-state index contributed by atoms with van der Waals surface area (Å²) in [5.74, 6) is -0.830. The van der Waals surface area contributed by atoms with Crippen LogP contribution >= 0.6 is 0 Å². The van der Waals surface area contributed by atoms with E-state index in [9.17, 15) is 13.2 Å². The van der Waals surface area contributed by atoms with Gasteiger partial charge < -0.3 is 18.8 Å². The minimum Gasteiger partial charge on any atom is -0.493 e. The van der Waals surface area contributed by atoms with Crippen molar-refractivity contribution in [1.29, 1.82) is 0 Å². The lowest BCUT2D eigenvalue weighted by molar-refractivity contribution is -0.135. The van der Waals surface area contributed by atoms with Crippen molar-refractivity contribution in [2.24, 2.45) is 0 Å². The maximum Gasteiger partial charge on any atom is 0.371 e. The normalized spacial score (nSPS) is 11.8. The van der Waals surface area contributed by atoms with E-state index in [1.54, 1.807) is 6.07 Å². The summed E-state index contributed by atoms with van der Waals surface area (Å²) in [5, 5.41) is 8.97. The molecular formula is C21H24O7S. The first kappa shape index (κ1) is 22.3. The Morgan fingerprint density at radius 3 is 2.41 bits per heavy atom. The average molecular weight is 420 g/mol. The molecule has 2 aromatic carbocycles. The summed E-state index contributed by atoms with van der Waals surface area (Å²) in [5.41, 5.74) is 1.36. The number of carboxylic acid groups (broad SMARTS) is 1. The van der Waals surface area contributed by atoms with Gasteiger partial charge in [0.15, 0.2) is 0 Å². The first-order valence-corrected chi connectivity index (χ1v) is 10.4. The highest BCUT2D eigenvalue weighted by molar-refractivity contribution is 7.87. The van der Waals surface area contributed by atoms with Crippen LogP contribution in [-0.4, -0.2) is 33.2 Å². The number of benzene rings is 2. The molecule has 7 nitrogen and oxygen atoms in total. The molecular weight excluding hydrogens is 396 g/mol. The van der Waals surface area contributed by atoms with Gasteiger partial charge in [0.05, 0.1) is 13.7 Å². The van der Waals surface area contributed by atoms with Crippen molar-refractivity contribution in [2.45, 2.75) is 31.6 Å². The molecule has 0 atom stereocenters. The first-order chi connectivity index (χ1) is 13.8. The fourth-order valence-corrected chi connectivity index (χ4v) is 3.32. The molecule has 1 N–H and O–H groups in total. The molecule has 2 aromatic rings. The van der Waals surface area contributed by atoms with Crippen molar-refractivity contribution in [3.8, 4) is 11.5 Å². The second-order valence-corrected chi connectivity index (χ2v) is 7.80. The minimum atomic E-state index is -4.05. The van der Waals surface area contributed by atoms with Crippen LogP contribution in [0, 0.1) is 6.92 Å². The van der Waals surface area contributed by atoms with Crippen molar-refractivity contribution in [3.05, 3.63) is 59.4 Å². The zero-order valence-electron chi connectivity index (χ0n) is 16.5. The Morgan fingerprint density at radius 2 is 1.83 bits per heavy atom. The van der Waals surface area contributed by atoms with Gasteiger partial charge in [-0.1, -0.05) is 31.5 Å². The number of ether oxygens (including phenoxy) is 2. The topological polar surface area (TPSA) is 99.1 Å². The zero-order chi connectivity index (χ0) is 21.4. The fourth-order valence-electron chi connectivity index (χ4n) is 2.37. The Labute approximate surface area is 170 Å². The predicted molar refractivity (Wildman–Crippen MR) is 108 cm³/mol. The Morgan fingerprint density at radius 1 is 1.14 bits per heavy atom. The van der Waals surface area contributed by atoms with E-state index in [-0.39, 0.29) is 16.4 Å². The molecule has 0 spiro atoms. The fraction of sp³-hybridized carbons (Fsp3) is 0.286. The van der Waals surface area contributed by atoms with E-state index < -0.39 is 16.1 Å². The molecule has 0 aliphatic heterocycles. The lowest BCUT2D eigenvalue weighted by Gasteiger charge is -2.12. The Hall–Kier alpha value is -3.00. The van der Waals surface area contributed by atoms with Crippen LogP contribution in [0.4, 0.5) is 0 Å². The molecule has 0 unspecified atom stereocenters. The molecule has 0 saturated carbocycles. The van der Waals surface area contributed by atoms with Crippen molar-refractivity contribution in [1.82, 2.24) is 0 Å². The van der Waals surface area contributed by atoms with Gasteiger partial charge in [-0.2, -0.15) is 8.42 Å². The molecule has 29 heavy (non-hydrogen) atoms. The highest BCUT2D eigenvalue weighted by Crippen LogP contribution is 2.26. The van der Waals surface area contributed by atoms with E-state index in [0.717, 1.165) is 18.4 Å². The molecule has 0 aliphatic carbocycles. The number of unbranched alkanes of at least 4 members (excludes halogenated alkanes) is 1. The molecule has 0 bridgehead atoms. The van der Waals surface area contributed by atoms with Gasteiger partial charge in [0.25, 0.3) is 0 Å². The van der Waals surface area contributed by atoms with E-state index >= 15 is 0 Å². The van der Waals surface area contributed by atoms with Gasteiger partial charge in [-0.05, 0) is 48.7 Å². The van der Waals surface area contributed by atoms with E-state index in [0.29, 0.717) is 17.9 Å². The van der Waals surface area contributed by atoms with E-state index in [4.69, 9.17) is 18.8 Å². The maximum absolute atomic E-state index is 12.6. The van der Waals surface area contributed by atoms with Crippen molar-refractivity contribution < 1.29 is 32.0 Å². The third-order valence-corrected chi connectivity index (χ3v) is 5.26. The standard InChI is InChI=1S/C21H24O7S/c1-4-5-12-27-19-14-18(11-6-15(19)2)29(24,25)28-17-9-7-16(8-10-17)13-20(26-3)21(22)23/h6-11,13-14H,4-5,12H2,1-3H3,(H,22,23)/b20-13+. The lowest BCUT2D eigenvalue weighted by Crippen LogP contribution is -2.10. The van der Waals surface area contributed by atoms with E-state index in [1.807, 2.05) is 13.8 Å². The summed E-state index contributed by atoms with van der Waals surface area (Å²) in [4.78, 5) is 11.0. The van der Waals surface area contributed by atoms with E-state index in [2.05, 4.69) is 0 Å². The van der Waals surface area contributed by atoms with Gasteiger partial charge in [-0.3, -0.25) is 0 Å². The highest BCUT2D eigenvalue weighted by Gasteiger charge is 2.18. The van der Waals surface area contributed by atoms with Gasteiger partial charge >= 0.3 is 16.1 Å². The molecule has 0 radical (unpaired) electrons. The second-order valence-electron chi connectivity index (χ2n) is 6.25. The first-order valence-electron chi connectivity index (χ1n) is 9.04. The molecule has 0 aromatic heterocycles. The van der Waals surface area contributed by atoms with Gasteiger partial charge in [-0.15, -0.1) is 0 Å². The highest BCUT2D eigenvalue weighted by atomic mass is 32.2. The SMILES string of the molecule is CCCCOc1cc(S(=O)(=O)Oc2ccc(/C=C(/OC)C(=O)O)cc2)ccc1C. The van der Waals surface area contributed by atoms with Crippen molar-refractivity contribution in [2.75, 3.05) is 13.7 Å². The van der Waals surface area contributed by atoms with Gasteiger partial charge in [0.2, 0.25) is 5.76 Å². The zero-order valence-corrected chi connectivity index (χ0v) is 17.4. The minimum absolute atomic E-state index is 0.00822. The van der Waals surface area contributed by atoms with Crippen LogP contribution < -0.4 is 8.92 Å². The van der Waals surface area contributed by atoms with Crippen LogP contribution in [-0.2, 0) is 19.6 Å². The molecule has 156 valence electrons. The summed E-state index contributed by atoms with van der Waals surface area (Å²) >= 11 is 0. The van der Waals surface area contributed by atoms with Crippen LogP contribution in [0.25, 0.3) is 6.08 Å². The summed E-state index contributed by atoms with van der Waals surface area (Å²) in [6, 6.07) is 10.5. The largest absolute Gasteiger partial charge is 0.493 e. The third-order valence-electron chi connectivity index (χ3n) is 4.02. The number of hydrogen-bond acceptors (Lipinski definition) is 6. The number of carboxylic acids is 1. The quantitative estimate of drug-likeness (QED) is 0.268. The summed E-state index contributed by atoms with van der Waals surface area (Å²) in [6.07, 6.45) is 3.17. The molecule has 0 aliphatic rings. The molecule has 0 heterocycles. The van der Waals surface area contributed by atoms with Crippen LogP contribution in [0.3, 0.4) is 0 Å². The van der Waals surface area contributed by atoms with Crippen molar-refractivity contribution >= 4 is 22.2 Å². The van der Waals surface area contributed by atoms with Crippen LogP contribution in [0.2, 0.25) is 0 Å². The molecule has 0 fully saturated rings. The summed E-state index contributed by atoms with van der Waals surface area (Å²) in [7, 11) is -2.80. The van der Waals surface area contributed by atoms with Gasteiger partial charge in [0.1, 0.15) is 16.4 Å². The maximum atomic E-state index is 12.6. The summed E-state index contributed by atoms with van der Waals surface area (Å²) in [6.45, 7) is 4.40. The van der Waals surface area contributed by atoms with E-state index in [1.165, 1.54) is 49.6 Å². The lowest BCUT2D eigenvalue weighted by atomic mass is 10.2. The average Bonchev–Trinajstić information content (AvgIpc) is 2.68.